The number of aromatic nitrogens is 2. The molecule has 0 saturated heterocycles. The first kappa shape index (κ1) is 14.0. The fourth-order valence-electron chi connectivity index (χ4n) is 1.94. The maximum Gasteiger partial charge on any atom is 0.260 e. The van der Waals surface area contributed by atoms with Gasteiger partial charge in [0.25, 0.3) is 5.56 Å². The van der Waals surface area contributed by atoms with Gasteiger partial charge in [0.2, 0.25) is 11.9 Å². The third-order valence-corrected chi connectivity index (χ3v) is 3.01. The average molecular weight is 274 g/mol. The summed E-state index contributed by atoms with van der Waals surface area (Å²) in [6.45, 7) is 2.80. The molecule has 1 aromatic heterocycles. The van der Waals surface area contributed by atoms with Crippen molar-refractivity contribution in [1.29, 1.82) is 0 Å². The van der Waals surface area contributed by atoms with Crippen LogP contribution in [-0.4, -0.2) is 36.0 Å². The fourth-order valence-corrected chi connectivity index (χ4v) is 1.94. The highest BCUT2D eigenvalue weighted by atomic mass is 16.1. The molecule has 0 fully saturated rings. The number of nitrogens with one attached hydrogen (secondary N) is 2. The summed E-state index contributed by atoms with van der Waals surface area (Å²) < 4.78 is 0. The van der Waals surface area contributed by atoms with Crippen LogP contribution < -0.4 is 15.8 Å². The Morgan fingerprint density at radius 3 is 2.90 bits per heavy atom. The van der Waals surface area contributed by atoms with E-state index >= 15 is 0 Å². The van der Waals surface area contributed by atoms with Crippen molar-refractivity contribution in [1.82, 2.24) is 15.3 Å². The van der Waals surface area contributed by atoms with Crippen molar-refractivity contribution in [2.75, 3.05) is 25.0 Å². The van der Waals surface area contributed by atoms with Gasteiger partial charge in [-0.15, -0.1) is 0 Å². The quantitative estimate of drug-likeness (QED) is 0.794. The lowest BCUT2D eigenvalue weighted by Gasteiger charge is -2.17. The summed E-state index contributed by atoms with van der Waals surface area (Å²) in [4.78, 5) is 31.8. The van der Waals surface area contributed by atoms with Crippen LogP contribution in [0.15, 0.2) is 29.1 Å². The largest absolute Gasteiger partial charge is 0.356 e. The lowest BCUT2D eigenvalue weighted by molar-refractivity contribution is -0.118. The van der Waals surface area contributed by atoms with E-state index in [4.69, 9.17) is 0 Å². The van der Waals surface area contributed by atoms with Crippen molar-refractivity contribution in [3.05, 3.63) is 34.6 Å². The Balaban J connectivity index is 2.08. The number of nitrogens with zero attached hydrogens (tertiary/aromatic N) is 2. The van der Waals surface area contributed by atoms with Crippen LogP contribution >= 0.6 is 0 Å². The average Bonchev–Trinajstić information content (AvgIpc) is 2.43. The van der Waals surface area contributed by atoms with Crippen LogP contribution in [-0.2, 0) is 4.79 Å². The van der Waals surface area contributed by atoms with E-state index in [0.717, 1.165) is 6.42 Å². The number of carbonyl (C=O) groups excluding carboxylic acids is 1. The van der Waals surface area contributed by atoms with Gasteiger partial charge >= 0.3 is 0 Å². The summed E-state index contributed by atoms with van der Waals surface area (Å²) in [6.07, 6.45) is 0.784. The monoisotopic (exact) mass is 274 g/mol. The predicted octanol–water partition coefficient (Wildman–Crippen LogP) is 0.885. The third-order valence-electron chi connectivity index (χ3n) is 3.01. The molecule has 0 atom stereocenters. The molecule has 6 nitrogen and oxygen atoms in total. The zero-order chi connectivity index (χ0) is 14.5. The Hall–Kier alpha value is -2.37. The molecule has 0 saturated carbocycles. The maximum absolute atomic E-state index is 11.9. The first-order valence-electron chi connectivity index (χ1n) is 6.52. The van der Waals surface area contributed by atoms with Crippen LogP contribution in [0.5, 0.6) is 0 Å². The molecule has 0 aliphatic carbocycles. The van der Waals surface area contributed by atoms with Crippen molar-refractivity contribution in [2.45, 2.75) is 13.3 Å². The molecular weight excluding hydrogens is 256 g/mol. The number of benzene rings is 1. The standard InChI is InChI=1S/C14H18N4O2/c1-10(19)15-8-5-9-18(2)14-16-12-7-4-3-6-11(12)13(20)17-14/h3-4,6-7H,5,8-9H2,1-2H3,(H,15,19)(H,16,17,20). The second-order valence-corrected chi connectivity index (χ2v) is 4.66. The Morgan fingerprint density at radius 1 is 1.40 bits per heavy atom. The molecule has 2 rings (SSSR count). The van der Waals surface area contributed by atoms with E-state index in [1.165, 1.54) is 6.92 Å². The molecule has 20 heavy (non-hydrogen) atoms. The molecule has 0 aliphatic rings. The molecule has 0 spiro atoms. The molecule has 2 N–H and O–H groups in total. The van der Waals surface area contributed by atoms with Crippen LogP contribution in [0.4, 0.5) is 5.95 Å². The Kier molecular flexibility index (Phi) is 4.34. The number of H-pyrrole nitrogens is 1. The summed E-state index contributed by atoms with van der Waals surface area (Å²) in [5.41, 5.74) is 0.541. The number of anilines is 1. The normalized spacial score (nSPS) is 10.5. The van der Waals surface area contributed by atoms with Gasteiger partial charge in [-0.25, -0.2) is 4.98 Å². The van der Waals surface area contributed by atoms with Crippen LogP contribution in [0.1, 0.15) is 13.3 Å². The number of aromatic amines is 1. The molecule has 106 valence electrons. The minimum absolute atomic E-state index is 0.0371. The van der Waals surface area contributed by atoms with Gasteiger partial charge in [0.15, 0.2) is 0 Å². The molecule has 2 aromatic rings. The number of para-hydroxylation sites is 1. The second kappa shape index (κ2) is 6.18. The SMILES string of the molecule is CC(=O)NCCCN(C)c1nc2ccccc2c(=O)[nH]1. The summed E-state index contributed by atoms with van der Waals surface area (Å²) in [6, 6.07) is 7.24. The summed E-state index contributed by atoms with van der Waals surface area (Å²) in [7, 11) is 1.86. The van der Waals surface area contributed by atoms with E-state index in [2.05, 4.69) is 15.3 Å². The minimum Gasteiger partial charge on any atom is -0.356 e. The van der Waals surface area contributed by atoms with Gasteiger partial charge in [-0.1, -0.05) is 12.1 Å². The van der Waals surface area contributed by atoms with E-state index in [1.807, 2.05) is 30.1 Å². The van der Waals surface area contributed by atoms with Gasteiger partial charge in [-0.05, 0) is 18.6 Å². The lowest BCUT2D eigenvalue weighted by Crippen LogP contribution is -2.28. The molecule has 0 bridgehead atoms. The van der Waals surface area contributed by atoms with Gasteiger partial charge in [0.05, 0.1) is 10.9 Å². The number of amides is 1. The van der Waals surface area contributed by atoms with E-state index in [-0.39, 0.29) is 11.5 Å². The number of hydrogen-bond donors (Lipinski definition) is 2. The van der Waals surface area contributed by atoms with Gasteiger partial charge in [-0.2, -0.15) is 0 Å². The van der Waals surface area contributed by atoms with Crippen molar-refractivity contribution in [2.24, 2.45) is 0 Å². The highest BCUT2D eigenvalue weighted by molar-refractivity contribution is 5.78. The zero-order valence-corrected chi connectivity index (χ0v) is 11.6. The topological polar surface area (TPSA) is 78.1 Å². The summed E-state index contributed by atoms with van der Waals surface area (Å²) in [5.74, 6) is 0.501. The third kappa shape index (κ3) is 3.34. The van der Waals surface area contributed by atoms with Crippen LogP contribution in [0.2, 0.25) is 0 Å². The summed E-state index contributed by atoms with van der Waals surface area (Å²) in [5, 5.41) is 3.32. The number of hydrogen-bond acceptors (Lipinski definition) is 4. The molecule has 1 heterocycles. The van der Waals surface area contributed by atoms with E-state index in [9.17, 15) is 9.59 Å². The number of rotatable bonds is 5. The minimum atomic E-state index is -0.140. The first-order valence-corrected chi connectivity index (χ1v) is 6.52. The molecule has 1 amide bonds. The zero-order valence-electron chi connectivity index (χ0n) is 11.6. The molecule has 6 heteroatoms. The highest BCUT2D eigenvalue weighted by Crippen LogP contribution is 2.10. The van der Waals surface area contributed by atoms with Crippen LogP contribution in [0, 0.1) is 0 Å². The first-order chi connectivity index (χ1) is 9.58. The van der Waals surface area contributed by atoms with Crippen molar-refractivity contribution in [3.63, 3.8) is 0 Å². The van der Waals surface area contributed by atoms with Crippen molar-refractivity contribution >= 4 is 22.8 Å². The summed E-state index contributed by atoms with van der Waals surface area (Å²) >= 11 is 0. The van der Waals surface area contributed by atoms with Crippen LogP contribution in [0.3, 0.4) is 0 Å². The van der Waals surface area contributed by atoms with Gasteiger partial charge in [0, 0.05) is 27.1 Å². The van der Waals surface area contributed by atoms with Gasteiger partial charge < -0.3 is 10.2 Å². The molecular formula is C14H18N4O2. The Labute approximate surface area is 116 Å². The highest BCUT2D eigenvalue weighted by Gasteiger charge is 2.07. The van der Waals surface area contributed by atoms with Crippen molar-refractivity contribution < 1.29 is 4.79 Å². The number of fused-ring (bicyclic) bond motifs is 1. The number of carbonyl (C=O) groups is 1. The van der Waals surface area contributed by atoms with E-state index in [0.29, 0.717) is 29.9 Å². The van der Waals surface area contributed by atoms with E-state index < -0.39 is 0 Å². The Morgan fingerprint density at radius 2 is 2.15 bits per heavy atom. The second-order valence-electron chi connectivity index (χ2n) is 4.66. The fraction of sp³-hybridized carbons (Fsp3) is 0.357. The van der Waals surface area contributed by atoms with Crippen molar-refractivity contribution in [3.8, 4) is 0 Å². The smallest absolute Gasteiger partial charge is 0.260 e. The lowest BCUT2D eigenvalue weighted by atomic mass is 10.2. The van der Waals surface area contributed by atoms with Gasteiger partial charge in [0.1, 0.15) is 0 Å². The Bertz CT molecular complexity index is 666. The molecule has 1 aromatic carbocycles. The van der Waals surface area contributed by atoms with Crippen LogP contribution in [0.25, 0.3) is 10.9 Å². The molecule has 0 aliphatic heterocycles. The molecule has 0 radical (unpaired) electrons. The van der Waals surface area contributed by atoms with E-state index in [1.54, 1.807) is 6.07 Å². The molecule has 0 unspecified atom stereocenters. The maximum atomic E-state index is 11.9. The predicted molar refractivity (Wildman–Crippen MR) is 78.9 cm³/mol. The van der Waals surface area contributed by atoms with Gasteiger partial charge in [-0.3, -0.25) is 14.6 Å².